The van der Waals surface area contributed by atoms with Crippen LogP contribution in [-0.2, 0) is 18.3 Å². The highest BCUT2D eigenvalue weighted by Crippen LogP contribution is 2.35. The molecule has 2 aromatic rings. The predicted molar refractivity (Wildman–Crippen MR) is 99.6 cm³/mol. The number of aryl methyl sites for hydroxylation is 1. The van der Waals surface area contributed by atoms with Gasteiger partial charge < -0.3 is 14.2 Å². The number of halogens is 1. The maximum Gasteiger partial charge on any atom is 0.125 e. The number of hydrogen-bond acceptors (Lipinski definition) is 4. The minimum atomic E-state index is -0.178. The Labute approximate surface area is 154 Å². The Hall–Kier alpha value is -1.92. The molecule has 4 rings (SSSR count). The molecule has 140 valence electrons. The van der Waals surface area contributed by atoms with Crippen molar-refractivity contribution in [3.05, 3.63) is 48.3 Å². The van der Waals surface area contributed by atoms with Crippen LogP contribution in [0.25, 0.3) is 0 Å². The average molecular weight is 358 g/mol. The first kappa shape index (κ1) is 17.5. The number of ether oxygens (including phenoxy) is 1. The van der Waals surface area contributed by atoms with Gasteiger partial charge in [-0.1, -0.05) is 6.07 Å². The number of anilines is 1. The maximum absolute atomic E-state index is 13.7. The number of hydrogen-bond donors (Lipinski definition) is 0. The minimum Gasteiger partial charge on any atom is -0.379 e. The Morgan fingerprint density at radius 1 is 1.27 bits per heavy atom. The third-order valence-electron chi connectivity index (χ3n) is 5.66. The molecule has 0 bridgehead atoms. The van der Waals surface area contributed by atoms with Gasteiger partial charge in [0.2, 0.25) is 0 Å². The largest absolute Gasteiger partial charge is 0.379 e. The Morgan fingerprint density at radius 3 is 3.00 bits per heavy atom. The van der Waals surface area contributed by atoms with Crippen LogP contribution < -0.4 is 4.90 Å². The monoisotopic (exact) mass is 358 g/mol. The molecular formula is C20H27FN4O. The summed E-state index contributed by atoms with van der Waals surface area (Å²) in [7, 11) is 2.04. The molecule has 3 heterocycles. The van der Waals surface area contributed by atoms with Gasteiger partial charge in [0.05, 0.1) is 25.2 Å². The van der Waals surface area contributed by atoms with E-state index >= 15 is 0 Å². The Balaban J connectivity index is 1.51. The molecule has 0 N–H and O–H groups in total. The van der Waals surface area contributed by atoms with Gasteiger partial charge in [-0.15, -0.1) is 0 Å². The molecule has 0 aliphatic carbocycles. The minimum absolute atomic E-state index is 0.0969. The molecule has 26 heavy (non-hydrogen) atoms. The molecule has 1 spiro atoms. The van der Waals surface area contributed by atoms with Crippen molar-refractivity contribution in [2.75, 3.05) is 44.3 Å². The van der Waals surface area contributed by atoms with Gasteiger partial charge in [0, 0.05) is 50.5 Å². The number of likely N-dealkylation sites (tertiary alicyclic amines) is 1. The van der Waals surface area contributed by atoms with Crippen molar-refractivity contribution in [3.8, 4) is 0 Å². The fraction of sp³-hybridized carbons (Fsp3) is 0.550. The summed E-state index contributed by atoms with van der Waals surface area (Å²) in [6.45, 7) is 6.22. The van der Waals surface area contributed by atoms with Crippen molar-refractivity contribution in [1.82, 2.24) is 14.5 Å². The molecule has 1 aromatic carbocycles. The zero-order valence-corrected chi connectivity index (χ0v) is 15.4. The quantitative estimate of drug-likeness (QED) is 0.845. The molecule has 0 radical (unpaired) electrons. The van der Waals surface area contributed by atoms with E-state index in [4.69, 9.17) is 4.74 Å². The molecule has 6 heteroatoms. The molecule has 2 aliphatic rings. The third kappa shape index (κ3) is 3.76. The topological polar surface area (TPSA) is 33.5 Å². The zero-order valence-electron chi connectivity index (χ0n) is 15.4. The van der Waals surface area contributed by atoms with Crippen LogP contribution in [0.4, 0.5) is 10.1 Å². The number of aromatic nitrogens is 2. The molecule has 0 amide bonds. The van der Waals surface area contributed by atoms with E-state index in [1.54, 1.807) is 12.1 Å². The lowest BCUT2D eigenvalue weighted by molar-refractivity contribution is 0.0101. The van der Waals surface area contributed by atoms with E-state index < -0.39 is 0 Å². The van der Waals surface area contributed by atoms with E-state index in [0.29, 0.717) is 6.61 Å². The summed E-state index contributed by atoms with van der Waals surface area (Å²) in [5.41, 5.74) is 2.29. The summed E-state index contributed by atoms with van der Waals surface area (Å²) in [6.07, 6.45) is 6.12. The summed E-state index contributed by atoms with van der Waals surface area (Å²) < 4.78 is 21.8. The van der Waals surface area contributed by atoms with Crippen LogP contribution >= 0.6 is 0 Å². The second-order valence-electron chi connectivity index (χ2n) is 7.76. The zero-order chi connectivity index (χ0) is 18.0. The van der Waals surface area contributed by atoms with Gasteiger partial charge in [0.25, 0.3) is 0 Å². The van der Waals surface area contributed by atoms with Gasteiger partial charge in [-0.25, -0.2) is 9.37 Å². The number of rotatable bonds is 3. The first-order valence-electron chi connectivity index (χ1n) is 9.39. The Kier molecular flexibility index (Phi) is 4.96. The van der Waals surface area contributed by atoms with Crippen LogP contribution in [0.2, 0.25) is 0 Å². The van der Waals surface area contributed by atoms with Crippen LogP contribution in [-0.4, -0.2) is 53.8 Å². The standard InChI is InChI=1S/C20H27FN4O/c1-23-16-22-11-19(23)12-24-7-3-6-20(13-24)14-25(8-9-26-15-20)18-5-2-4-17(21)10-18/h2,4-5,10-11,16H,3,6-9,12-15H2,1H3. The van der Waals surface area contributed by atoms with Crippen LogP contribution in [0, 0.1) is 11.2 Å². The fourth-order valence-electron chi connectivity index (χ4n) is 4.34. The first-order chi connectivity index (χ1) is 12.6. The summed E-state index contributed by atoms with van der Waals surface area (Å²) >= 11 is 0. The van der Waals surface area contributed by atoms with Crippen LogP contribution in [0.5, 0.6) is 0 Å². The van der Waals surface area contributed by atoms with E-state index in [1.807, 2.05) is 25.6 Å². The molecular weight excluding hydrogens is 331 g/mol. The van der Waals surface area contributed by atoms with Gasteiger partial charge in [-0.3, -0.25) is 4.90 Å². The van der Waals surface area contributed by atoms with Crippen LogP contribution in [0.3, 0.4) is 0 Å². The number of nitrogens with zero attached hydrogens (tertiary/aromatic N) is 4. The maximum atomic E-state index is 13.7. The lowest BCUT2D eigenvalue weighted by Gasteiger charge is -2.44. The van der Waals surface area contributed by atoms with Crippen molar-refractivity contribution in [2.45, 2.75) is 19.4 Å². The number of benzene rings is 1. The first-order valence-corrected chi connectivity index (χ1v) is 9.39. The van der Waals surface area contributed by atoms with Gasteiger partial charge in [0.1, 0.15) is 5.82 Å². The molecule has 0 saturated carbocycles. The second-order valence-corrected chi connectivity index (χ2v) is 7.76. The highest BCUT2D eigenvalue weighted by molar-refractivity contribution is 5.47. The third-order valence-corrected chi connectivity index (χ3v) is 5.66. The highest BCUT2D eigenvalue weighted by Gasteiger charge is 2.39. The lowest BCUT2D eigenvalue weighted by Crippen LogP contribution is -2.50. The predicted octanol–water partition coefficient (Wildman–Crippen LogP) is 2.68. The number of imidazole rings is 1. The van der Waals surface area contributed by atoms with Crippen molar-refractivity contribution < 1.29 is 9.13 Å². The van der Waals surface area contributed by atoms with Crippen molar-refractivity contribution in [1.29, 1.82) is 0 Å². The average Bonchev–Trinajstić information content (AvgIpc) is 2.91. The Bertz CT molecular complexity index is 749. The van der Waals surface area contributed by atoms with E-state index in [0.717, 1.165) is 57.9 Å². The molecule has 1 unspecified atom stereocenters. The molecule has 2 fully saturated rings. The van der Waals surface area contributed by atoms with Gasteiger partial charge in [-0.05, 0) is 37.6 Å². The summed E-state index contributed by atoms with van der Waals surface area (Å²) in [6, 6.07) is 6.93. The second kappa shape index (κ2) is 7.37. The molecule has 1 atom stereocenters. The van der Waals surface area contributed by atoms with Crippen LogP contribution in [0.15, 0.2) is 36.8 Å². The van der Waals surface area contributed by atoms with Gasteiger partial charge in [0.15, 0.2) is 0 Å². The van der Waals surface area contributed by atoms with E-state index in [2.05, 4.69) is 19.4 Å². The number of piperidine rings is 1. The fourth-order valence-corrected chi connectivity index (χ4v) is 4.34. The molecule has 5 nitrogen and oxygen atoms in total. The summed E-state index contributed by atoms with van der Waals surface area (Å²) in [5.74, 6) is -0.178. The molecule has 2 aliphatic heterocycles. The normalized spacial score (nSPS) is 24.8. The van der Waals surface area contributed by atoms with Crippen molar-refractivity contribution in [3.63, 3.8) is 0 Å². The summed E-state index contributed by atoms with van der Waals surface area (Å²) in [4.78, 5) is 9.04. The lowest BCUT2D eigenvalue weighted by atomic mass is 9.80. The summed E-state index contributed by atoms with van der Waals surface area (Å²) in [5, 5.41) is 0. The van der Waals surface area contributed by atoms with Gasteiger partial charge >= 0.3 is 0 Å². The van der Waals surface area contributed by atoms with E-state index in [-0.39, 0.29) is 11.2 Å². The molecule has 1 aromatic heterocycles. The molecule has 2 saturated heterocycles. The van der Waals surface area contributed by atoms with Crippen molar-refractivity contribution in [2.24, 2.45) is 12.5 Å². The SMILES string of the molecule is Cn1cncc1CN1CCCC2(COCCN(c3cccc(F)c3)C2)C1. The van der Waals surface area contributed by atoms with Crippen LogP contribution in [0.1, 0.15) is 18.5 Å². The van der Waals surface area contributed by atoms with Crippen molar-refractivity contribution >= 4 is 5.69 Å². The van der Waals surface area contributed by atoms with E-state index in [9.17, 15) is 4.39 Å². The Morgan fingerprint density at radius 2 is 2.19 bits per heavy atom. The highest BCUT2D eigenvalue weighted by atomic mass is 19.1. The van der Waals surface area contributed by atoms with E-state index in [1.165, 1.54) is 11.8 Å². The van der Waals surface area contributed by atoms with Gasteiger partial charge in [-0.2, -0.15) is 0 Å². The smallest absolute Gasteiger partial charge is 0.125 e.